The molecule has 0 radical (unpaired) electrons. The number of hydrogen-bond acceptors (Lipinski definition) is 4. The van der Waals surface area contributed by atoms with Gasteiger partial charge in [-0.15, -0.1) is 11.3 Å². The molecule has 0 aliphatic carbocycles. The summed E-state index contributed by atoms with van der Waals surface area (Å²) in [6.45, 7) is 1.66. The number of carbonyl (C=O) groups is 1. The first-order chi connectivity index (χ1) is 7.08. The Morgan fingerprint density at radius 2 is 2.47 bits per heavy atom. The highest BCUT2D eigenvalue weighted by Gasteiger charge is 2.15. The van der Waals surface area contributed by atoms with Gasteiger partial charge in [0.15, 0.2) is 0 Å². The first-order valence-electron chi connectivity index (χ1n) is 4.33. The van der Waals surface area contributed by atoms with E-state index in [1.165, 1.54) is 11.3 Å². The number of nitrogens with one attached hydrogen (secondary N) is 1. The largest absolute Gasteiger partial charge is 0.495 e. The SMILES string of the molecule is COc1cc(C(=O)NC(C)CO)sc1Br. The summed E-state index contributed by atoms with van der Waals surface area (Å²) >= 11 is 4.59. The van der Waals surface area contributed by atoms with E-state index in [1.807, 2.05) is 0 Å². The van der Waals surface area contributed by atoms with Crippen molar-refractivity contribution in [2.24, 2.45) is 0 Å². The number of methoxy groups -OCH3 is 1. The molecule has 84 valence electrons. The predicted octanol–water partition coefficient (Wildman–Crippen LogP) is 1.63. The molecule has 0 spiro atoms. The van der Waals surface area contributed by atoms with Crippen LogP contribution in [0, 0.1) is 0 Å². The quantitative estimate of drug-likeness (QED) is 0.887. The highest BCUT2D eigenvalue weighted by molar-refractivity contribution is 9.11. The Labute approximate surface area is 100 Å². The summed E-state index contributed by atoms with van der Waals surface area (Å²) in [5.41, 5.74) is 0. The molecule has 1 aromatic heterocycles. The van der Waals surface area contributed by atoms with Gasteiger partial charge in [-0.25, -0.2) is 0 Å². The number of aliphatic hydroxyl groups is 1. The van der Waals surface area contributed by atoms with E-state index in [0.29, 0.717) is 10.6 Å². The fraction of sp³-hybridized carbons (Fsp3) is 0.444. The molecule has 0 aromatic carbocycles. The number of amides is 1. The highest BCUT2D eigenvalue weighted by atomic mass is 79.9. The van der Waals surface area contributed by atoms with Crippen LogP contribution in [0.4, 0.5) is 0 Å². The third kappa shape index (κ3) is 3.19. The molecule has 1 unspecified atom stereocenters. The first-order valence-corrected chi connectivity index (χ1v) is 5.94. The van der Waals surface area contributed by atoms with E-state index < -0.39 is 0 Å². The van der Waals surface area contributed by atoms with Crippen molar-refractivity contribution >= 4 is 33.2 Å². The summed E-state index contributed by atoms with van der Waals surface area (Å²) in [6.07, 6.45) is 0. The first kappa shape index (κ1) is 12.5. The van der Waals surface area contributed by atoms with E-state index in [9.17, 15) is 4.79 Å². The second-order valence-electron chi connectivity index (χ2n) is 3.01. The van der Waals surface area contributed by atoms with Crippen molar-refractivity contribution in [1.29, 1.82) is 0 Å². The second kappa shape index (κ2) is 5.48. The number of carbonyl (C=O) groups excluding carboxylic acids is 1. The van der Waals surface area contributed by atoms with Gasteiger partial charge in [-0.05, 0) is 22.9 Å². The zero-order valence-electron chi connectivity index (χ0n) is 8.41. The molecule has 0 saturated carbocycles. The van der Waals surface area contributed by atoms with Crippen LogP contribution in [-0.2, 0) is 0 Å². The van der Waals surface area contributed by atoms with Gasteiger partial charge in [-0.2, -0.15) is 0 Å². The van der Waals surface area contributed by atoms with Crippen LogP contribution >= 0.6 is 27.3 Å². The molecule has 6 heteroatoms. The van der Waals surface area contributed by atoms with E-state index in [2.05, 4.69) is 21.2 Å². The molecular weight excluding hydrogens is 282 g/mol. The lowest BCUT2D eigenvalue weighted by Crippen LogP contribution is -2.34. The van der Waals surface area contributed by atoms with Crippen molar-refractivity contribution in [3.63, 3.8) is 0 Å². The summed E-state index contributed by atoms with van der Waals surface area (Å²) < 4.78 is 5.83. The summed E-state index contributed by atoms with van der Waals surface area (Å²) in [7, 11) is 1.55. The Balaban J connectivity index is 2.74. The van der Waals surface area contributed by atoms with E-state index in [-0.39, 0.29) is 18.6 Å². The Morgan fingerprint density at radius 1 is 1.80 bits per heavy atom. The van der Waals surface area contributed by atoms with Crippen LogP contribution in [0.15, 0.2) is 9.85 Å². The number of thiophene rings is 1. The normalized spacial score (nSPS) is 12.3. The van der Waals surface area contributed by atoms with Crippen LogP contribution in [0.25, 0.3) is 0 Å². The minimum atomic E-state index is -0.246. The third-order valence-electron chi connectivity index (χ3n) is 1.75. The maximum Gasteiger partial charge on any atom is 0.261 e. The zero-order valence-corrected chi connectivity index (χ0v) is 10.8. The number of halogens is 1. The Kier molecular flexibility index (Phi) is 4.56. The maximum atomic E-state index is 11.6. The molecule has 1 amide bonds. The summed E-state index contributed by atoms with van der Waals surface area (Å²) in [6, 6.07) is 1.41. The minimum Gasteiger partial charge on any atom is -0.495 e. The highest BCUT2D eigenvalue weighted by Crippen LogP contribution is 2.34. The van der Waals surface area contributed by atoms with E-state index in [1.54, 1.807) is 20.1 Å². The van der Waals surface area contributed by atoms with Crippen LogP contribution in [0.3, 0.4) is 0 Å². The molecule has 0 saturated heterocycles. The van der Waals surface area contributed by atoms with Crippen molar-refractivity contribution in [3.8, 4) is 5.75 Å². The molecule has 4 nitrogen and oxygen atoms in total. The average molecular weight is 294 g/mol. The Morgan fingerprint density at radius 3 is 2.93 bits per heavy atom. The van der Waals surface area contributed by atoms with Gasteiger partial charge < -0.3 is 15.2 Å². The maximum absolute atomic E-state index is 11.6. The lowest BCUT2D eigenvalue weighted by Gasteiger charge is -2.08. The van der Waals surface area contributed by atoms with E-state index >= 15 is 0 Å². The van der Waals surface area contributed by atoms with Gasteiger partial charge >= 0.3 is 0 Å². The molecule has 0 fully saturated rings. The molecule has 0 aliphatic rings. The van der Waals surface area contributed by atoms with E-state index in [0.717, 1.165) is 3.79 Å². The topological polar surface area (TPSA) is 58.6 Å². The monoisotopic (exact) mass is 293 g/mol. The van der Waals surface area contributed by atoms with Gasteiger partial charge in [0.05, 0.1) is 18.6 Å². The Hall–Kier alpha value is -0.590. The standard InChI is InChI=1S/C9H12BrNO3S/c1-5(4-12)11-9(13)7-3-6(14-2)8(10)15-7/h3,5,12H,4H2,1-2H3,(H,11,13). The molecule has 1 aromatic rings. The van der Waals surface area contributed by atoms with Gasteiger partial charge in [0.1, 0.15) is 9.54 Å². The molecule has 1 heterocycles. The number of ether oxygens (including phenoxy) is 1. The van der Waals surface area contributed by atoms with Gasteiger partial charge in [0, 0.05) is 12.1 Å². The van der Waals surface area contributed by atoms with Crippen LogP contribution in [-0.4, -0.2) is 30.8 Å². The van der Waals surface area contributed by atoms with Crippen LogP contribution < -0.4 is 10.1 Å². The van der Waals surface area contributed by atoms with E-state index in [4.69, 9.17) is 9.84 Å². The van der Waals surface area contributed by atoms with Gasteiger partial charge in [-0.1, -0.05) is 0 Å². The van der Waals surface area contributed by atoms with Crippen molar-refractivity contribution in [1.82, 2.24) is 5.32 Å². The minimum absolute atomic E-state index is 0.0740. The molecule has 1 atom stereocenters. The molecule has 15 heavy (non-hydrogen) atoms. The smallest absolute Gasteiger partial charge is 0.261 e. The van der Waals surface area contributed by atoms with Crippen LogP contribution in [0.1, 0.15) is 16.6 Å². The van der Waals surface area contributed by atoms with Crippen molar-refractivity contribution in [2.45, 2.75) is 13.0 Å². The van der Waals surface area contributed by atoms with Crippen molar-refractivity contribution in [3.05, 3.63) is 14.7 Å². The zero-order chi connectivity index (χ0) is 11.4. The number of aliphatic hydroxyl groups excluding tert-OH is 1. The lowest BCUT2D eigenvalue weighted by atomic mass is 10.3. The summed E-state index contributed by atoms with van der Waals surface area (Å²) in [5.74, 6) is 0.437. The van der Waals surface area contributed by atoms with Gasteiger partial charge in [0.25, 0.3) is 5.91 Å². The molecule has 2 N–H and O–H groups in total. The number of hydrogen-bond donors (Lipinski definition) is 2. The van der Waals surface area contributed by atoms with Gasteiger partial charge in [-0.3, -0.25) is 4.79 Å². The fourth-order valence-corrected chi connectivity index (χ4v) is 2.50. The van der Waals surface area contributed by atoms with Crippen LogP contribution in [0.5, 0.6) is 5.75 Å². The Bertz CT molecular complexity index is 353. The summed E-state index contributed by atoms with van der Waals surface area (Å²) in [5, 5.41) is 11.4. The second-order valence-corrected chi connectivity index (χ2v) is 5.38. The third-order valence-corrected chi connectivity index (χ3v) is 3.53. The molecule has 1 rings (SSSR count). The fourth-order valence-electron chi connectivity index (χ4n) is 0.944. The molecule has 0 bridgehead atoms. The summed E-state index contributed by atoms with van der Waals surface area (Å²) in [4.78, 5) is 12.2. The van der Waals surface area contributed by atoms with Crippen molar-refractivity contribution < 1.29 is 14.6 Å². The average Bonchev–Trinajstić information content (AvgIpc) is 2.59. The number of rotatable bonds is 4. The molecular formula is C9H12BrNO3S. The predicted molar refractivity (Wildman–Crippen MR) is 62.6 cm³/mol. The lowest BCUT2D eigenvalue weighted by molar-refractivity contribution is 0.0926. The molecule has 0 aliphatic heterocycles. The van der Waals surface area contributed by atoms with Crippen LogP contribution in [0.2, 0.25) is 0 Å². The van der Waals surface area contributed by atoms with Gasteiger partial charge in [0.2, 0.25) is 0 Å². The van der Waals surface area contributed by atoms with Crippen molar-refractivity contribution in [2.75, 3.05) is 13.7 Å².